The summed E-state index contributed by atoms with van der Waals surface area (Å²) in [5.74, 6) is 1.24. The summed E-state index contributed by atoms with van der Waals surface area (Å²) >= 11 is 0. The molecule has 1 aliphatic carbocycles. The lowest BCUT2D eigenvalue weighted by molar-refractivity contribution is -0.0527. The van der Waals surface area contributed by atoms with Gasteiger partial charge in [-0.15, -0.1) is 0 Å². The topological polar surface area (TPSA) is 29.5 Å². The van der Waals surface area contributed by atoms with Crippen molar-refractivity contribution in [1.82, 2.24) is 0 Å². The summed E-state index contributed by atoms with van der Waals surface area (Å²) < 4.78 is 5.62. The lowest BCUT2D eigenvalue weighted by atomic mass is 9.96. The molecule has 1 N–H and O–H groups in total. The highest BCUT2D eigenvalue weighted by Gasteiger charge is 2.36. The molecule has 0 spiro atoms. The van der Waals surface area contributed by atoms with E-state index in [0.717, 1.165) is 19.4 Å². The quantitative estimate of drug-likeness (QED) is 0.684. The van der Waals surface area contributed by atoms with E-state index in [1.165, 1.54) is 12.8 Å². The Hall–Kier alpha value is -0.0800. The Labute approximate surface area is 87.7 Å². The van der Waals surface area contributed by atoms with Crippen molar-refractivity contribution in [3.8, 4) is 0 Å². The Morgan fingerprint density at radius 3 is 2.43 bits per heavy atom. The summed E-state index contributed by atoms with van der Waals surface area (Å²) in [5.41, 5.74) is 0. The minimum Gasteiger partial charge on any atom is -0.390 e. The molecule has 0 amide bonds. The van der Waals surface area contributed by atoms with Crippen molar-refractivity contribution in [2.45, 2.75) is 58.7 Å². The third-order valence-electron chi connectivity index (χ3n) is 3.17. The van der Waals surface area contributed by atoms with Gasteiger partial charge in [0.1, 0.15) is 0 Å². The zero-order valence-corrected chi connectivity index (χ0v) is 9.70. The molecular formula is C12H24O2. The van der Waals surface area contributed by atoms with E-state index in [-0.39, 0.29) is 12.2 Å². The molecule has 3 atom stereocenters. The molecule has 1 saturated carbocycles. The van der Waals surface area contributed by atoms with Gasteiger partial charge in [0.15, 0.2) is 0 Å². The number of aliphatic hydroxyl groups is 1. The maximum Gasteiger partial charge on any atom is 0.0861 e. The molecule has 0 aliphatic heterocycles. The van der Waals surface area contributed by atoms with Crippen molar-refractivity contribution in [2.24, 2.45) is 11.8 Å². The van der Waals surface area contributed by atoms with Crippen LogP contribution < -0.4 is 0 Å². The average Bonchev–Trinajstić information content (AvgIpc) is 2.97. The van der Waals surface area contributed by atoms with Gasteiger partial charge in [-0.3, -0.25) is 0 Å². The fourth-order valence-electron chi connectivity index (χ4n) is 1.89. The third kappa shape index (κ3) is 3.58. The van der Waals surface area contributed by atoms with E-state index in [1.807, 2.05) is 6.92 Å². The van der Waals surface area contributed by atoms with Gasteiger partial charge in [0, 0.05) is 6.61 Å². The average molecular weight is 200 g/mol. The van der Waals surface area contributed by atoms with Crippen molar-refractivity contribution in [3.63, 3.8) is 0 Å². The lowest BCUT2D eigenvalue weighted by Crippen LogP contribution is -2.32. The Balaban J connectivity index is 2.33. The van der Waals surface area contributed by atoms with Crippen LogP contribution >= 0.6 is 0 Å². The van der Waals surface area contributed by atoms with Crippen molar-refractivity contribution in [3.05, 3.63) is 0 Å². The van der Waals surface area contributed by atoms with Gasteiger partial charge in [0.25, 0.3) is 0 Å². The molecule has 1 rings (SSSR count). The first-order chi connectivity index (χ1) is 6.69. The maximum atomic E-state index is 10.0. The van der Waals surface area contributed by atoms with Gasteiger partial charge in [0.2, 0.25) is 0 Å². The number of hydrogen-bond acceptors (Lipinski definition) is 2. The normalized spacial score (nSPS) is 23.1. The second-order valence-electron chi connectivity index (χ2n) is 4.57. The Morgan fingerprint density at radius 1 is 1.36 bits per heavy atom. The summed E-state index contributed by atoms with van der Waals surface area (Å²) in [7, 11) is 0. The number of ether oxygens (including phenoxy) is 1. The van der Waals surface area contributed by atoms with Crippen LogP contribution in [0.5, 0.6) is 0 Å². The first kappa shape index (κ1) is 12.0. The Kier molecular flexibility index (Phi) is 4.90. The SMILES string of the molecule is CCOC(C(O)CC(C)CC)C1CC1. The molecule has 0 heterocycles. The van der Waals surface area contributed by atoms with E-state index in [9.17, 15) is 5.11 Å². The minimum absolute atomic E-state index is 0.106. The minimum atomic E-state index is -0.252. The van der Waals surface area contributed by atoms with Crippen LogP contribution in [0.25, 0.3) is 0 Å². The summed E-state index contributed by atoms with van der Waals surface area (Å²) in [6, 6.07) is 0. The molecule has 0 aromatic carbocycles. The van der Waals surface area contributed by atoms with Gasteiger partial charge in [-0.25, -0.2) is 0 Å². The molecule has 14 heavy (non-hydrogen) atoms. The second kappa shape index (κ2) is 5.72. The Bertz CT molecular complexity index is 154. The predicted octanol–water partition coefficient (Wildman–Crippen LogP) is 2.60. The molecule has 1 fully saturated rings. The predicted molar refractivity (Wildman–Crippen MR) is 58.2 cm³/mol. The van der Waals surface area contributed by atoms with Crippen LogP contribution in [0.4, 0.5) is 0 Å². The van der Waals surface area contributed by atoms with Crippen molar-refractivity contribution in [2.75, 3.05) is 6.61 Å². The molecule has 3 unspecified atom stereocenters. The zero-order valence-electron chi connectivity index (χ0n) is 9.70. The molecular weight excluding hydrogens is 176 g/mol. The fourth-order valence-corrected chi connectivity index (χ4v) is 1.89. The van der Waals surface area contributed by atoms with Crippen LogP contribution in [-0.4, -0.2) is 23.9 Å². The highest BCUT2D eigenvalue weighted by atomic mass is 16.5. The molecule has 0 aromatic rings. The molecule has 84 valence electrons. The number of aliphatic hydroxyl groups excluding tert-OH is 1. The van der Waals surface area contributed by atoms with Gasteiger partial charge in [0.05, 0.1) is 12.2 Å². The standard InChI is InChI=1S/C12H24O2/c1-4-9(3)8-11(13)12(14-5-2)10-6-7-10/h9-13H,4-8H2,1-3H3. The van der Waals surface area contributed by atoms with Crippen LogP contribution in [0.2, 0.25) is 0 Å². The van der Waals surface area contributed by atoms with E-state index < -0.39 is 0 Å². The summed E-state index contributed by atoms with van der Waals surface area (Å²) in [4.78, 5) is 0. The first-order valence-corrected chi connectivity index (χ1v) is 5.98. The van der Waals surface area contributed by atoms with Crippen molar-refractivity contribution in [1.29, 1.82) is 0 Å². The van der Waals surface area contributed by atoms with Crippen molar-refractivity contribution < 1.29 is 9.84 Å². The maximum absolute atomic E-state index is 10.0. The largest absolute Gasteiger partial charge is 0.390 e. The van der Waals surface area contributed by atoms with Gasteiger partial charge in [-0.05, 0) is 38.0 Å². The molecule has 0 saturated heterocycles. The lowest BCUT2D eigenvalue weighted by Gasteiger charge is -2.24. The monoisotopic (exact) mass is 200 g/mol. The van der Waals surface area contributed by atoms with E-state index in [2.05, 4.69) is 13.8 Å². The first-order valence-electron chi connectivity index (χ1n) is 5.98. The fraction of sp³-hybridized carbons (Fsp3) is 1.00. The van der Waals surface area contributed by atoms with E-state index in [4.69, 9.17) is 4.74 Å². The van der Waals surface area contributed by atoms with Gasteiger partial charge < -0.3 is 9.84 Å². The van der Waals surface area contributed by atoms with Gasteiger partial charge >= 0.3 is 0 Å². The number of hydrogen-bond donors (Lipinski definition) is 1. The van der Waals surface area contributed by atoms with Gasteiger partial charge in [-0.2, -0.15) is 0 Å². The highest BCUT2D eigenvalue weighted by Crippen LogP contribution is 2.37. The van der Waals surface area contributed by atoms with Crippen LogP contribution in [-0.2, 0) is 4.74 Å². The molecule has 2 nitrogen and oxygen atoms in total. The van der Waals surface area contributed by atoms with E-state index in [1.54, 1.807) is 0 Å². The molecule has 2 heteroatoms. The van der Waals surface area contributed by atoms with Gasteiger partial charge in [-0.1, -0.05) is 20.3 Å². The molecule has 0 radical (unpaired) electrons. The highest BCUT2D eigenvalue weighted by molar-refractivity contribution is 4.87. The van der Waals surface area contributed by atoms with Crippen LogP contribution in [0.1, 0.15) is 46.5 Å². The van der Waals surface area contributed by atoms with Crippen LogP contribution in [0.15, 0.2) is 0 Å². The summed E-state index contributed by atoms with van der Waals surface area (Å²) in [6.45, 7) is 7.09. The second-order valence-corrected chi connectivity index (χ2v) is 4.57. The van der Waals surface area contributed by atoms with E-state index in [0.29, 0.717) is 11.8 Å². The van der Waals surface area contributed by atoms with Crippen molar-refractivity contribution >= 4 is 0 Å². The smallest absolute Gasteiger partial charge is 0.0861 e. The Morgan fingerprint density at radius 2 is 2.00 bits per heavy atom. The zero-order chi connectivity index (χ0) is 10.6. The molecule has 1 aliphatic rings. The number of rotatable bonds is 7. The summed E-state index contributed by atoms with van der Waals surface area (Å²) in [6.07, 6.45) is 4.36. The summed E-state index contributed by atoms with van der Waals surface area (Å²) in [5, 5.41) is 10.0. The molecule has 0 bridgehead atoms. The van der Waals surface area contributed by atoms with E-state index >= 15 is 0 Å². The third-order valence-corrected chi connectivity index (χ3v) is 3.17. The van der Waals surface area contributed by atoms with Crippen LogP contribution in [0, 0.1) is 11.8 Å². The molecule has 0 aromatic heterocycles. The van der Waals surface area contributed by atoms with Crippen LogP contribution in [0.3, 0.4) is 0 Å².